The molecule has 8 heteroatoms. The Hall–Kier alpha value is -4.04. The Morgan fingerprint density at radius 3 is 2.47 bits per heavy atom. The number of hydrogen-bond acceptors (Lipinski definition) is 7. The lowest BCUT2D eigenvalue weighted by Crippen LogP contribution is -2.12. The van der Waals surface area contributed by atoms with Gasteiger partial charge in [-0.2, -0.15) is 0 Å². The predicted molar refractivity (Wildman–Crippen MR) is 119 cm³/mol. The summed E-state index contributed by atoms with van der Waals surface area (Å²) in [5, 5.41) is 11.1. The molecule has 1 amide bonds. The number of hydrogen-bond donors (Lipinski definition) is 1. The second kappa shape index (κ2) is 9.84. The molecular formula is C24H22N4O4. The van der Waals surface area contributed by atoms with Crippen LogP contribution in [0, 0.1) is 6.92 Å². The molecule has 0 radical (unpaired) electrons. The minimum Gasteiger partial charge on any atom is -0.475 e. The number of carbonyl (C=O) groups is 1. The molecule has 0 aliphatic heterocycles. The van der Waals surface area contributed by atoms with Gasteiger partial charge in [0.05, 0.1) is 18.5 Å². The van der Waals surface area contributed by atoms with Crippen molar-refractivity contribution in [2.45, 2.75) is 6.92 Å². The Morgan fingerprint density at radius 2 is 1.75 bits per heavy atom. The van der Waals surface area contributed by atoms with Gasteiger partial charge in [0.1, 0.15) is 6.61 Å². The van der Waals surface area contributed by atoms with E-state index in [2.05, 4.69) is 20.5 Å². The normalized spacial score (nSPS) is 10.7. The highest BCUT2D eigenvalue weighted by atomic mass is 16.5. The van der Waals surface area contributed by atoms with E-state index in [1.54, 1.807) is 49.7 Å². The highest BCUT2D eigenvalue weighted by molar-refractivity contribution is 6.04. The van der Waals surface area contributed by atoms with E-state index in [0.29, 0.717) is 42.1 Å². The summed E-state index contributed by atoms with van der Waals surface area (Å²) in [7, 11) is 1.60. The zero-order valence-electron chi connectivity index (χ0n) is 17.7. The van der Waals surface area contributed by atoms with Crippen molar-refractivity contribution < 1.29 is 18.7 Å². The standard InChI is InChI=1S/C24H22N4O4/c1-16-5-3-4-6-20(16)24-28-27-23(32-24)18-9-7-17(8-10-18)22(29)26-19-11-12-21(25-15-19)31-14-13-30-2/h3-12,15H,13-14H2,1-2H3,(H,26,29). The second-order valence-corrected chi connectivity index (χ2v) is 6.99. The minimum atomic E-state index is -0.252. The van der Waals surface area contributed by atoms with Gasteiger partial charge in [-0.15, -0.1) is 10.2 Å². The molecule has 0 fully saturated rings. The molecule has 2 aromatic heterocycles. The first-order valence-electron chi connectivity index (χ1n) is 10.0. The van der Waals surface area contributed by atoms with Gasteiger partial charge in [0.25, 0.3) is 5.91 Å². The van der Waals surface area contributed by atoms with Crippen LogP contribution in [0.4, 0.5) is 5.69 Å². The van der Waals surface area contributed by atoms with Crippen LogP contribution in [0.15, 0.2) is 71.3 Å². The van der Waals surface area contributed by atoms with Crippen molar-refractivity contribution in [2.75, 3.05) is 25.6 Å². The van der Waals surface area contributed by atoms with Gasteiger partial charge in [0.15, 0.2) is 0 Å². The highest BCUT2D eigenvalue weighted by Crippen LogP contribution is 2.26. The lowest BCUT2D eigenvalue weighted by atomic mass is 10.1. The molecule has 0 saturated carbocycles. The van der Waals surface area contributed by atoms with Crippen LogP contribution >= 0.6 is 0 Å². The number of methoxy groups -OCH3 is 1. The number of nitrogens with one attached hydrogen (secondary N) is 1. The maximum absolute atomic E-state index is 12.5. The van der Waals surface area contributed by atoms with Gasteiger partial charge in [-0.25, -0.2) is 4.98 Å². The van der Waals surface area contributed by atoms with Gasteiger partial charge in [-0.05, 0) is 48.9 Å². The van der Waals surface area contributed by atoms with Crippen LogP contribution < -0.4 is 10.1 Å². The molecule has 162 valence electrons. The molecular weight excluding hydrogens is 408 g/mol. The lowest BCUT2D eigenvalue weighted by Gasteiger charge is -2.07. The summed E-state index contributed by atoms with van der Waals surface area (Å²) in [5.41, 5.74) is 3.74. The molecule has 0 bridgehead atoms. The molecule has 0 saturated heterocycles. The van der Waals surface area contributed by atoms with Crippen molar-refractivity contribution in [3.8, 4) is 28.8 Å². The fraction of sp³-hybridized carbons (Fsp3) is 0.167. The summed E-state index contributed by atoms with van der Waals surface area (Å²) in [6, 6.07) is 18.2. The van der Waals surface area contributed by atoms with Crippen LogP contribution in [0.5, 0.6) is 5.88 Å². The van der Waals surface area contributed by atoms with Crippen molar-refractivity contribution in [2.24, 2.45) is 0 Å². The maximum atomic E-state index is 12.5. The number of benzene rings is 2. The van der Waals surface area contributed by atoms with E-state index in [9.17, 15) is 4.79 Å². The van der Waals surface area contributed by atoms with Gasteiger partial charge in [0, 0.05) is 29.9 Å². The number of amides is 1. The molecule has 8 nitrogen and oxygen atoms in total. The monoisotopic (exact) mass is 430 g/mol. The van der Waals surface area contributed by atoms with Gasteiger partial charge in [-0.1, -0.05) is 18.2 Å². The van der Waals surface area contributed by atoms with Crippen molar-refractivity contribution in [1.29, 1.82) is 0 Å². The Bertz CT molecular complexity index is 1190. The van der Waals surface area contributed by atoms with Crippen molar-refractivity contribution >= 4 is 11.6 Å². The number of pyridine rings is 1. The molecule has 4 aromatic rings. The van der Waals surface area contributed by atoms with Crippen LogP contribution in [0.3, 0.4) is 0 Å². The fourth-order valence-corrected chi connectivity index (χ4v) is 3.00. The number of anilines is 1. The molecule has 1 N–H and O–H groups in total. The van der Waals surface area contributed by atoms with Crippen molar-refractivity contribution in [1.82, 2.24) is 15.2 Å². The summed E-state index contributed by atoms with van der Waals surface area (Å²) in [6.07, 6.45) is 1.54. The summed E-state index contributed by atoms with van der Waals surface area (Å²) in [6.45, 7) is 2.88. The van der Waals surface area contributed by atoms with E-state index in [1.165, 1.54) is 0 Å². The van der Waals surface area contributed by atoms with E-state index < -0.39 is 0 Å². The zero-order valence-corrected chi connectivity index (χ0v) is 17.7. The molecule has 0 spiro atoms. The number of aromatic nitrogens is 3. The largest absolute Gasteiger partial charge is 0.475 e. The van der Waals surface area contributed by atoms with E-state index in [4.69, 9.17) is 13.9 Å². The number of rotatable bonds is 8. The van der Waals surface area contributed by atoms with E-state index in [0.717, 1.165) is 16.7 Å². The van der Waals surface area contributed by atoms with E-state index in [1.807, 2.05) is 31.2 Å². The minimum absolute atomic E-state index is 0.252. The molecule has 0 atom stereocenters. The fourth-order valence-electron chi connectivity index (χ4n) is 3.00. The summed E-state index contributed by atoms with van der Waals surface area (Å²) in [4.78, 5) is 16.7. The average molecular weight is 430 g/mol. The maximum Gasteiger partial charge on any atom is 0.255 e. The third-order valence-electron chi connectivity index (χ3n) is 4.73. The van der Waals surface area contributed by atoms with E-state index in [-0.39, 0.29) is 5.91 Å². The lowest BCUT2D eigenvalue weighted by molar-refractivity contribution is 0.102. The Morgan fingerprint density at radius 1 is 0.969 bits per heavy atom. The smallest absolute Gasteiger partial charge is 0.255 e. The van der Waals surface area contributed by atoms with E-state index >= 15 is 0 Å². The van der Waals surface area contributed by atoms with Gasteiger partial charge in [0.2, 0.25) is 17.7 Å². The van der Waals surface area contributed by atoms with Crippen LogP contribution in [-0.4, -0.2) is 41.4 Å². The average Bonchev–Trinajstić information content (AvgIpc) is 3.31. The molecule has 2 heterocycles. The third-order valence-corrected chi connectivity index (χ3v) is 4.73. The second-order valence-electron chi connectivity index (χ2n) is 6.99. The Labute approximate surface area is 185 Å². The quantitative estimate of drug-likeness (QED) is 0.414. The van der Waals surface area contributed by atoms with Crippen molar-refractivity contribution in [3.05, 3.63) is 78.0 Å². The SMILES string of the molecule is COCCOc1ccc(NC(=O)c2ccc(-c3nnc(-c4ccccc4C)o3)cc2)cn1. The molecule has 0 unspecified atom stereocenters. The first-order valence-corrected chi connectivity index (χ1v) is 10.0. The molecule has 2 aromatic carbocycles. The first kappa shape index (κ1) is 21.2. The Balaban J connectivity index is 1.40. The summed E-state index contributed by atoms with van der Waals surface area (Å²) >= 11 is 0. The van der Waals surface area contributed by atoms with Crippen LogP contribution in [0.1, 0.15) is 15.9 Å². The van der Waals surface area contributed by atoms with Gasteiger partial charge < -0.3 is 19.2 Å². The van der Waals surface area contributed by atoms with Crippen molar-refractivity contribution in [3.63, 3.8) is 0 Å². The highest BCUT2D eigenvalue weighted by Gasteiger charge is 2.13. The molecule has 0 aliphatic rings. The summed E-state index contributed by atoms with van der Waals surface area (Å²) in [5.74, 6) is 1.07. The van der Waals surface area contributed by atoms with Crippen LogP contribution in [0.2, 0.25) is 0 Å². The van der Waals surface area contributed by atoms with Gasteiger partial charge in [-0.3, -0.25) is 4.79 Å². The molecule has 32 heavy (non-hydrogen) atoms. The number of ether oxygens (including phenoxy) is 2. The first-order chi connectivity index (χ1) is 15.6. The Kier molecular flexibility index (Phi) is 6.52. The topological polar surface area (TPSA) is 99.4 Å². The summed E-state index contributed by atoms with van der Waals surface area (Å²) < 4.78 is 16.2. The molecule has 0 aliphatic carbocycles. The number of nitrogens with zero attached hydrogens (tertiary/aromatic N) is 3. The molecule has 4 rings (SSSR count). The number of aryl methyl sites for hydroxylation is 1. The number of carbonyl (C=O) groups excluding carboxylic acids is 1. The zero-order chi connectivity index (χ0) is 22.3. The van der Waals surface area contributed by atoms with Gasteiger partial charge >= 0.3 is 0 Å². The van der Waals surface area contributed by atoms with Crippen LogP contribution in [-0.2, 0) is 4.74 Å². The predicted octanol–water partition coefficient (Wildman–Crippen LogP) is 4.38. The van der Waals surface area contributed by atoms with Crippen LogP contribution in [0.25, 0.3) is 22.9 Å². The third kappa shape index (κ3) is 4.98.